The fourth-order valence-corrected chi connectivity index (χ4v) is 4.17. The smallest absolute Gasteiger partial charge is 0.340 e. The first-order valence-electron chi connectivity index (χ1n) is 7.79. The number of amides is 2. The summed E-state index contributed by atoms with van der Waals surface area (Å²) in [6.07, 6.45) is 0. The molecule has 2 amide bonds. The Morgan fingerprint density at radius 1 is 1.04 bits per heavy atom. The van der Waals surface area contributed by atoms with E-state index in [0.29, 0.717) is 11.4 Å². The van der Waals surface area contributed by atoms with Crippen LogP contribution < -0.4 is 14.4 Å². The number of sulfonamides is 1. The van der Waals surface area contributed by atoms with Gasteiger partial charge in [0.15, 0.2) is 0 Å². The number of carbonyl (C=O) groups is 1. The molecule has 0 fully saturated rings. The molecule has 1 N–H and O–H groups in total. The molecule has 132 valence electrons. The number of rotatable bonds is 2. The highest BCUT2D eigenvalue weighted by atomic mass is 32.2. The quantitative estimate of drug-likeness (QED) is 0.885. The molecule has 0 aromatic heterocycles. The molecule has 3 rings (SSSR count). The van der Waals surface area contributed by atoms with E-state index in [1.165, 1.54) is 19.2 Å². The van der Waals surface area contributed by atoms with E-state index in [-0.39, 0.29) is 16.0 Å². The maximum absolute atomic E-state index is 12.9. The Kier molecular flexibility index (Phi) is 3.99. The highest BCUT2D eigenvalue weighted by Crippen LogP contribution is 2.36. The monoisotopic (exact) mass is 360 g/mol. The van der Waals surface area contributed by atoms with E-state index in [2.05, 4.69) is 26.1 Å². The number of urea groups is 1. The number of carbonyl (C=O) groups excluding carboxylic acids is 1. The summed E-state index contributed by atoms with van der Waals surface area (Å²) in [5.74, 6) is 0.470. The van der Waals surface area contributed by atoms with Crippen molar-refractivity contribution in [3.8, 4) is 5.75 Å². The van der Waals surface area contributed by atoms with Crippen molar-refractivity contribution in [3.05, 3.63) is 48.0 Å². The maximum Gasteiger partial charge on any atom is 0.340 e. The Hall–Kier alpha value is -2.54. The molecule has 1 aliphatic heterocycles. The lowest BCUT2D eigenvalue weighted by atomic mass is 9.87. The summed E-state index contributed by atoms with van der Waals surface area (Å²) in [5, 5.41) is 2.61. The molecule has 0 unspecified atom stereocenters. The Labute approximate surface area is 147 Å². The first kappa shape index (κ1) is 17.3. The van der Waals surface area contributed by atoms with E-state index in [4.69, 9.17) is 4.74 Å². The van der Waals surface area contributed by atoms with Crippen molar-refractivity contribution in [2.24, 2.45) is 0 Å². The van der Waals surface area contributed by atoms with Crippen LogP contribution in [-0.4, -0.2) is 21.6 Å². The third kappa shape index (κ3) is 2.95. The number of hydrogen-bond acceptors (Lipinski definition) is 4. The largest absolute Gasteiger partial charge is 0.497 e. The molecule has 6 nitrogen and oxygen atoms in total. The van der Waals surface area contributed by atoms with Gasteiger partial charge in [0.1, 0.15) is 10.6 Å². The van der Waals surface area contributed by atoms with Crippen molar-refractivity contribution >= 4 is 27.4 Å². The zero-order chi connectivity index (χ0) is 18.4. The summed E-state index contributed by atoms with van der Waals surface area (Å²) in [6.45, 7) is 6.20. The average Bonchev–Trinajstić information content (AvgIpc) is 2.53. The normalized spacial score (nSPS) is 16.2. The van der Waals surface area contributed by atoms with Gasteiger partial charge in [0.05, 0.1) is 18.5 Å². The summed E-state index contributed by atoms with van der Waals surface area (Å²) in [7, 11) is -2.52. The van der Waals surface area contributed by atoms with Gasteiger partial charge in [-0.15, -0.1) is 0 Å². The maximum atomic E-state index is 12.9. The van der Waals surface area contributed by atoms with E-state index in [1.807, 2.05) is 12.1 Å². The Morgan fingerprint density at radius 2 is 1.68 bits per heavy atom. The van der Waals surface area contributed by atoms with Crippen molar-refractivity contribution in [1.82, 2.24) is 0 Å². The standard InChI is InChI=1S/C18H20N2O4S/c1-18(2,3)12-5-7-13(8-6-12)20-17(21)19-15-11-14(24-4)9-10-16(15)25(20,22)23/h5-11H,1-4H3,(H,19,21). The highest BCUT2D eigenvalue weighted by Gasteiger charge is 2.38. The number of fused-ring (bicyclic) bond motifs is 1. The minimum Gasteiger partial charge on any atom is -0.497 e. The molecule has 2 aromatic carbocycles. The van der Waals surface area contributed by atoms with Gasteiger partial charge >= 0.3 is 6.03 Å². The average molecular weight is 360 g/mol. The Balaban J connectivity index is 2.07. The zero-order valence-electron chi connectivity index (χ0n) is 14.5. The molecule has 1 aliphatic rings. The fraction of sp³-hybridized carbons (Fsp3) is 0.278. The highest BCUT2D eigenvalue weighted by molar-refractivity contribution is 7.94. The van der Waals surface area contributed by atoms with Gasteiger partial charge in [-0.05, 0) is 35.2 Å². The van der Waals surface area contributed by atoms with Crippen LogP contribution in [0.2, 0.25) is 0 Å². The van der Waals surface area contributed by atoms with E-state index in [0.717, 1.165) is 9.87 Å². The summed E-state index contributed by atoms with van der Waals surface area (Å²) in [4.78, 5) is 12.5. The number of benzene rings is 2. The molecule has 1 heterocycles. The second kappa shape index (κ2) is 5.77. The minimum atomic E-state index is -3.99. The number of ether oxygens (including phenoxy) is 1. The lowest BCUT2D eigenvalue weighted by Gasteiger charge is -2.29. The van der Waals surface area contributed by atoms with E-state index >= 15 is 0 Å². The van der Waals surface area contributed by atoms with E-state index < -0.39 is 16.1 Å². The van der Waals surface area contributed by atoms with E-state index in [1.54, 1.807) is 18.2 Å². The molecule has 0 bridgehead atoms. The van der Waals surface area contributed by atoms with Crippen LogP contribution in [0.3, 0.4) is 0 Å². The van der Waals surface area contributed by atoms with Crippen LogP contribution in [0.4, 0.5) is 16.2 Å². The van der Waals surface area contributed by atoms with Gasteiger partial charge in [0.25, 0.3) is 10.0 Å². The van der Waals surface area contributed by atoms with Gasteiger partial charge in [0, 0.05) is 6.07 Å². The summed E-state index contributed by atoms with van der Waals surface area (Å²) < 4.78 is 31.7. The number of nitrogens with one attached hydrogen (secondary N) is 1. The van der Waals surface area contributed by atoms with Crippen LogP contribution in [0.15, 0.2) is 47.4 Å². The second-order valence-corrected chi connectivity index (χ2v) is 8.61. The molecule has 25 heavy (non-hydrogen) atoms. The molecule has 0 atom stereocenters. The first-order valence-corrected chi connectivity index (χ1v) is 9.23. The molecular formula is C18H20N2O4S. The Morgan fingerprint density at radius 3 is 2.24 bits per heavy atom. The van der Waals surface area contributed by atoms with Crippen molar-refractivity contribution in [2.45, 2.75) is 31.1 Å². The van der Waals surface area contributed by atoms with Gasteiger partial charge in [-0.3, -0.25) is 0 Å². The molecule has 0 aliphatic carbocycles. The summed E-state index contributed by atoms with van der Waals surface area (Å²) in [5.41, 5.74) is 1.50. The molecule has 0 radical (unpaired) electrons. The third-order valence-electron chi connectivity index (χ3n) is 4.10. The summed E-state index contributed by atoms with van der Waals surface area (Å²) in [6, 6.07) is 10.7. The predicted octanol–water partition coefficient (Wildman–Crippen LogP) is 3.73. The molecule has 2 aromatic rings. The van der Waals surface area contributed by atoms with Crippen LogP contribution in [0, 0.1) is 0 Å². The first-order chi connectivity index (χ1) is 11.6. The van der Waals surface area contributed by atoms with Crippen molar-refractivity contribution in [1.29, 1.82) is 0 Å². The van der Waals surface area contributed by atoms with Crippen molar-refractivity contribution in [3.63, 3.8) is 0 Å². The van der Waals surface area contributed by atoms with Crippen molar-refractivity contribution < 1.29 is 17.9 Å². The van der Waals surface area contributed by atoms with E-state index in [9.17, 15) is 13.2 Å². The lowest BCUT2D eigenvalue weighted by Crippen LogP contribution is -2.44. The van der Waals surface area contributed by atoms with Crippen LogP contribution in [0.1, 0.15) is 26.3 Å². The van der Waals surface area contributed by atoms with Crippen molar-refractivity contribution in [2.75, 3.05) is 16.7 Å². The molecule has 0 saturated heterocycles. The SMILES string of the molecule is COc1ccc2c(c1)NC(=O)N(c1ccc(C(C)(C)C)cc1)S2(=O)=O. The third-order valence-corrected chi connectivity index (χ3v) is 5.87. The topological polar surface area (TPSA) is 75.7 Å². The minimum absolute atomic E-state index is 0.0350. The van der Waals surface area contributed by atoms with Gasteiger partial charge in [-0.25, -0.2) is 13.2 Å². The molecule has 0 saturated carbocycles. The number of anilines is 2. The van der Waals surface area contributed by atoms with Crippen LogP contribution in [0.25, 0.3) is 0 Å². The van der Waals surface area contributed by atoms with Gasteiger partial charge in [-0.1, -0.05) is 32.9 Å². The van der Waals surface area contributed by atoms with Gasteiger partial charge in [0.2, 0.25) is 0 Å². The number of nitrogens with zero attached hydrogens (tertiary/aromatic N) is 1. The van der Waals surface area contributed by atoms with Gasteiger partial charge < -0.3 is 10.1 Å². The molecule has 0 spiro atoms. The Bertz CT molecular complexity index is 929. The summed E-state index contributed by atoms with van der Waals surface area (Å²) >= 11 is 0. The zero-order valence-corrected chi connectivity index (χ0v) is 15.3. The predicted molar refractivity (Wildman–Crippen MR) is 96.8 cm³/mol. The lowest BCUT2D eigenvalue weighted by molar-refractivity contribution is 0.259. The van der Waals surface area contributed by atoms with Gasteiger partial charge in [-0.2, -0.15) is 4.31 Å². The molecule has 7 heteroatoms. The van der Waals surface area contributed by atoms with Crippen LogP contribution in [0.5, 0.6) is 5.75 Å². The second-order valence-electron chi connectivity index (χ2n) is 6.86. The van der Waals surface area contributed by atoms with Crippen LogP contribution >= 0.6 is 0 Å². The molecular weight excluding hydrogens is 340 g/mol. The number of hydrogen-bond donors (Lipinski definition) is 1. The fourth-order valence-electron chi connectivity index (χ4n) is 2.69. The van der Waals surface area contributed by atoms with Crippen LogP contribution in [-0.2, 0) is 15.4 Å². The number of methoxy groups -OCH3 is 1.